The minimum atomic E-state index is -0.763. The van der Waals surface area contributed by atoms with Gasteiger partial charge in [0, 0.05) is 13.0 Å². The molecule has 9 atom stereocenters. The monoisotopic (exact) mass is 392 g/mol. The van der Waals surface area contributed by atoms with E-state index < -0.39 is 5.97 Å². The lowest BCUT2D eigenvalue weighted by Crippen LogP contribution is -2.57. The van der Waals surface area contributed by atoms with Gasteiger partial charge in [-0.15, -0.1) is 0 Å². The highest BCUT2D eigenvalue weighted by Gasteiger charge is 2.62. The maximum absolute atomic E-state index is 11.3. The number of aliphatic carboxylic acids is 1. The SMILES string of the molecule is C[C@]12CC[C@H]3[C@@H]([C@@H](O)CC4CCCC[C@@]43C)[C@@H]1CC[C@@H]2[C@H](CO)CCC(=O)O. The van der Waals surface area contributed by atoms with E-state index in [1.165, 1.54) is 38.5 Å². The molecule has 0 spiro atoms. The molecule has 0 aromatic heterocycles. The highest BCUT2D eigenvalue weighted by molar-refractivity contribution is 5.66. The van der Waals surface area contributed by atoms with E-state index >= 15 is 0 Å². The van der Waals surface area contributed by atoms with Crippen LogP contribution in [0.15, 0.2) is 0 Å². The van der Waals surface area contributed by atoms with Crippen LogP contribution in [0.4, 0.5) is 0 Å². The van der Waals surface area contributed by atoms with E-state index in [1.54, 1.807) is 0 Å². The molecule has 4 nitrogen and oxygen atoms in total. The first-order valence-electron chi connectivity index (χ1n) is 11.8. The Bertz CT molecular complexity index is 591. The van der Waals surface area contributed by atoms with Crippen LogP contribution in [-0.2, 0) is 4.79 Å². The highest BCUT2D eigenvalue weighted by Crippen LogP contribution is 2.68. The van der Waals surface area contributed by atoms with Gasteiger partial charge in [-0.2, -0.15) is 0 Å². The molecule has 4 heteroatoms. The molecule has 4 saturated carbocycles. The molecular formula is C24H40O4. The Morgan fingerprint density at radius 1 is 1.04 bits per heavy atom. The van der Waals surface area contributed by atoms with Gasteiger partial charge in [-0.25, -0.2) is 0 Å². The summed E-state index contributed by atoms with van der Waals surface area (Å²) in [6.45, 7) is 5.02. The van der Waals surface area contributed by atoms with E-state index in [1.807, 2.05) is 0 Å². The Morgan fingerprint density at radius 2 is 1.79 bits per heavy atom. The van der Waals surface area contributed by atoms with Crippen LogP contribution < -0.4 is 0 Å². The summed E-state index contributed by atoms with van der Waals surface area (Å²) in [5.41, 5.74) is 0.549. The van der Waals surface area contributed by atoms with Crippen molar-refractivity contribution in [3.63, 3.8) is 0 Å². The van der Waals surface area contributed by atoms with Gasteiger partial charge in [0.15, 0.2) is 0 Å². The molecule has 0 heterocycles. The van der Waals surface area contributed by atoms with Crippen LogP contribution in [0, 0.1) is 46.3 Å². The fourth-order valence-corrected chi connectivity index (χ4v) is 8.80. The van der Waals surface area contributed by atoms with Crippen LogP contribution in [0.5, 0.6) is 0 Å². The predicted octanol–water partition coefficient (Wildman–Crippen LogP) is 4.48. The first-order valence-corrected chi connectivity index (χ1v) is 11.8. The molecule has 4 aliphatic rings. The molecule has 4 rings (SSSR count). The number of aliphatic hydroxyl groups excluding tert-OH is 2. The Kier molecular flexibility index (Phi) is 5.59. The topological polar surface area (TPSA) is 77.8 Å². The summed E-state index contributed by atoms with van der Waals surface area (Å²) in [5, 5.41) is 30.4. The molecule has 160 valence electrons. The smallest absolute Gasteiger partial charge is 0.303 e. The normalized spacial score (nSPS) is 49.0. The van der Waals surface area contributed by atoms with Gasteiger partial charge in [0.05, 0.1) is 6.10 Å². The van der Waals surface area contributed by atoms with Crippen LogP contribution in [0.25, 0.3) is 0 Å². The van der Waals surface area contributed by atoms with Crippen molar-refractivity contribution < 1.29 is 20.1 Å². The molecule has 28 heavy (non-hydrogen) atoms. The first kappa shape index (κ1) is 20.7. The third-order valence-electron chi connectivity index (χ3n) is 10.2. The van der Waals surface area contributed by atoms with Gasteiger partial charge in [-0.1, -0.05) is 26.7 Å². The van der Waals surface area contributed by atoms with Gasteiger partial charge in [0.2, 0.25) is 0 Å². The van der Waals surface area contributed by atoms with Crippen molar-refractivity contribution in [3.05, 3.63) is 0 Å². The largest absolute Gasteiger partial charge is 0.481 e. The number of hydrogen-bond acceptors (Lipinski definition) is 3. The van der Waals surface area contributed by atoms with Crippen molar-refractivity contribution in [1.29, 1.82) is 0 Å². The molecule has 0 amide bonds. The van der Waals surface area contributed by atoms with E-state index in [-0.39, 0.29) is 30.5 Å². The Morgan fingerprint density at radius 3 is 2.50 bits per heavy atom. The molecule has 0 aromatic carbocycles. The Labute approximate surface area is 170 Å². The lowest BCUT2D eigenvalue weighted by Gasteiger charge is -2.62. The molecular weight excluding hydrogens is 352 g/mol. The van der Waals surface area contributed by atoms with Crippen LogP contribution in [0.2, 0.25) is 0 Å². The summed E-state index contributed by atoms with van der Waals surface area (Å²) >= 11 is 0. The number of carboxylic acid groups (broad SMARTS) is 1. The average molecular weight is 393 g/mol. The van der Waals surface area contributed by atoms with Crippen LogP contribution in [-0.4, -0.2) is 34.0 Å². The van der Waals surface area contributed by atoms with Crippen LogP contribution in [0.3, 0.4) is 0 Å². The molecule has 0 aromatic rings. The van der Waals surface area contributed by atoms with E-state index in [4.69, 9.17) is 5.11 Å². The molecule has 0 aliphatic heterocycles. The summed E-state index contributed by atoms with van der Waals surface area (Å²) in [5.74, 6) is 1.99. The maximum atomic E-state index is 11.3. The number of carboxylic acids is 1. The molecule has 0 saturated heterocycles. The minimum absolute atomic E-state index is 0.0846. The summed E-state index contributed by atoms with van der Waals surface area (Å²) in [6, 6.07) is 0. The van der Waals surface area contributed by atoms with E-state index in [0.29, 0.717) is 41.4 Å². The summed E-state index contributed by atoms with van der Waals surface area (Å²) < 4.78 is 0. The second-order valence-corrected chi connectivity index (χ2v) is 11.1. The molecule has 4 aliphatic carbocycles. The standard InChI is InChI=1S/C24H40O4/c1-23-11-4-3-5-16(23)13-20(26)22-18-8-7-17(15(14-25)6-9-21(27)28)24(18,2)12-10-19(22)23/h15-20,22,25-26H,3-14H2,1-2H3,(H,27,28)/t15-,16?,17+,18-,19-,20-,22-,23-,24+/m0/s1. The van der Waals surface area contributed by atoms with Crippen molar-refractivity contribution in [2.75, 3.05) is 6.61 Å². The second kappa shape index (κ2) is 7.58. The van der Waals surface area contributed by atoms with Crippen LogP contribution in [0.1, 0.15) is 84.5 Å². The van der Waals surface area contributed by atoms with E-state index in [2.05, 4.69) is 13.8 Å². The Hall–Kier alpha value is -0.610. The summed E-state index contributed by atoms with van der Waals surface area (Å²) in [6.07, 6.45) is 11.5. The zero-order valence-electron chi connectivity index (χ0n) is 17.8. The Balaban J connectivity index is 1.57. The van der Waals surface area contributed by atoms with Gasteiger partial charge in [0.1, 0.15) is 0 Å². The number of fused-ring (bicyclic) bond motifs is 5. The van der Waals surface area contributed by atoms with Crippen molar-refractivity contribution in [1.82, 2.24) is 0 Å². The first-order chi connectivity index (χ1) is 13.3. The van der Waals surface area contributed by atoms with E-state index in [9.17, 15) is 15.0 Å². The van der Waals surface area contributed by atoms with Crippen molar-refractivity contribution in [3.8, 4) is 0 Å². The third-order valence-corrected chi connectivity index (χ3v) is 10.2. The second-order valence-electron chi connectivity index (χ2n) is 11.1. The fraction of sp³-hybridized carbons (Fsp3) is 0.958. The van der Waals surface area contributed by atoms with Gasteiger partial charge in [-0.05, 0) is 97.7 Å². The lowest BCUT2D eigenvalue weighted by molar-refractivity contribution is -0.165. The third kappa shape index (κ3) is 3.14. The van der Waals surface area contributed by atoms with Crippen molar-refractivity contribution >= 4 is 5.97 Å². The van der Waals surface area contributed by atoms with Crippen molar-refractivity contribution in [2.24, 2.45) is 46.3 Å². The number of aliphatic hydroxyl groups is 2. The summed E-state index contributed by atoms with van der Waals surface area (Å²) in [7, 11) is 0. The van der Waals surface area contributed by atoms with E-state index in [0.717, 1.165) is 19.3 Å². The van der Waals surface area contributed by atoms with Crippen LogP contribution >= 0.6 is 0 Å². The van der Waals surface area contributed by atoms with Crippen molar-refractivity contribution in [2.45, 2.75) is 90.6 Å². The minimum Gasteiger partial charge on any atom is -0.481 e. The quantitative estimate of drug-likeness (QED) is 0.645. The average Bonchev–Trinajstić information content (AvgIpc) is 3.00. The maximum Gasteiger partial charge on any atom is 0.303 e. The van der Waals surface area contributed by atoms with Gasteiger partial charge < -0.3 is 15.3 Å². The lowest BCUT2D eigenvalue weighted by atomic mass is 9.44. The fourth-order valence-electron chi connectivity index (χ4n) is 8.80. The molecule has 3 N–H and O–H groups in total. The molecule has 0 bridgehead atoms. The molecule has 0 radical (unpaired) electrons. The zero-order chi connectivity index (χ0) is 20.1. The number of hydrogen-bond donors (Lipinski definition) is 3. The van der Waals surface area contributed by atoms with Gasteiger partial charge >= 0.3 is 5.97 Å². The molecule has 4 fully saturated rings. The zero-order valence-corrected chi connectivity index (χ0v) is 17.8. The number of carbonyl (C=O) groups is 1. The molecule has 1 unspecified atom stereocenters. The number of rotatable bonds is 5. The van der Waals surface area contributed by atoms with Gasteiger partial charge in [-0.3, -0.25) is 4.79 Å². The summed E-state index contributed by atoms with van der Waals surface area (Å²) in [4.78, 5) is 11.1. The highest BCUT2D eigenvalue weighted by atomic mass is 16.4. The predicted molar refractivity (Wildman–Crippen MR) is 109 cm³/mol. The van der Waals surface area contributed by atoms with Gasteiger partial charge in [0.25, 0.3) is 0 Å².